The van der Waals surface area contributed by atoms with Gasteiger partial charge in [-0.1, -0.05) is 6.07 Å². The van der Waals surface area contributed by atoms with Crippen LogP contribution in [0.3, 0.4) is 0 Å². The Bertz CT molecular complexity index is 770. The molecule has 3 N–H and O–H groups in total. The zero-order valence-corrected chi connectivity index (χ0v) is 11.5. The highest BCUT2D eigenvalue weighted by molar-refractivity contribution is 7.85. The Labute approximate surface area is 116 Å². The molecule has 2 aromatic rings. The van der Waals surface area contributed by atoms with Crippen LogP contribution in [0.25, 0.3) is 0 Å². The quantitative estimate of drug-likeness (QED) is 0.514. The molecular weight excluding hydrogens is 278 g/mol. The van der Waals surface area contributed by atoms with Crippen molar-refractivity contribution in [2.45, 2.75) is 11.8 Å². The summed E-state index contributed by atoms with van der Waals surface area (Å²) in [6.07, 6.45) is 0. The highest BCUT2D eigenvalue weighted by Gasteiger charge is 2.09. The maximum absolute atomic E-state index is 11.0. The van der Waals surface area contributed by atoms with Gasteiger partial charge in [0.1, 0.15) is 0 Å². The molecule has 0 spiro atoms. The van der Waals surface area contributed by atoms with E-state index in [1.165, 1.54) is 18.2 Å². The number of azo groups is 1. The van der Waals surface area contributed by atoms with Crippen molar-refractivity contribution in [2.75, 3.05) is 5.73 Å². The van der Waals surface area contributed by atoms with Crippen LogP contribution < -0.4 is 5.73 Å². The number of aryl methyl sites for hydroxylation is 1. The monoisotopic (exact) mass is 291 g/mol. The van der Waals surface area contributed by atoms with Crippen LogP contribution >= 0.6 is 0 Å². The van der Waals surface area contributed by atoms with Crippen molar-refractivity contribution in [1.82, 2.24) is 0 Å². The lowest BCUT2D eigenvalue weighted by Gasteiger charge is -2.01. The van der Waals surface area contributed by atoms with Crippen LogP contribution in [0.1, 0.15) is 5.56 Å². The van der Waals surface area contributed by atoms with Gasteiger partial charge >= 0.3 is 0 Å². The first-order valence-corrected chi connectivity index (χ1v) is 7.16. The number of anilines is 1. The van der Waals surface area contributed by atoms with Crippen LogP contribution in [0.4, 0.5) is 17.1 Å². The molecule has 0 amide bonds. The molecule has 0 fully saturated rings. The molecule has 2 aromatic carbocycles. The second-order valence-corrected chi connectivity index (χ2v) is 5.64. The van der Waals surface area contributed by atoms with Gasteiger partial charge in [0, 0.05) is 5.69 Å². The number of benzene rings is 2. The van der Waals surface area contributed by atoms with Gasteiger partial charge in [0.2, 0.25) is 0 Å². The summed E-state index contributed by atoms with van der Waals surface area (Å²) in [5, 5.41) is 7.98. The van der Waals surface area contributed by atoms with Gasteiger partial charge < -0.3 is 5.73 Å². The van der Waals surface area contributed by atoms with Crippen LogP contribution in [-0.4, -0.2) is 13.0 Å². The first kappa shape index (κ1) is 14.2. The van der Waals surface area contributed by atoms with Crippen molar-refractivity contribution in [3.8, 4) is 0 Å². The standard InChI is InChI=1S/C13H13N3O3S/c1-9-7-10(14)5-6-13(9)16-15-11-3-2-4-12(8-11)20(17,18)19/h2-8H,14H2,1H3,(H,17,18,19). The largest absolute Gasteiger partial charge is 0.399 e. The molecule has 104 valence electrons. The lowest BCUT2D eigenvalue weighted by atomic mass is 10.2. The Kier molecular flexibility index (Phi) is 3.82. The van der Waals surface area contributed by atoms with Crippen molar-refractivity contribution in [3.63, 3.8) is 0 Å². The highest BCUT2D eigenvalue weighted by atomic mass is 32.2. The Morgan fingerprint density at radius 3 is 2.50 bits per heavy atom. The summed E-state index contributed by atoms with van der Waals surface area (Å²) in [7, 11) is -4.24. The maximum atomic E-state index is 11.0. The molecule has 0 aliphatic heterocycles. The third-order valence-corrected chi connectivity index (χ3v) is 3.46. The first-order valence-electron chi connectivity index (χ1n) is 5.72. The lowest BCUT2D eigenvalue weighted by molar-refractivity contribution is 0.483. The number of hydrogen-bond acceptors (Lipinski definition) is 5. The minimum atomic E-state index is -4.24. The second-order valence-electron chi connectivity index (χ2n) is 4.22. The van der Waals surface area contributed by atoms with Crippen LogP contribution in [0.2, 0.25) is 0 Å². The summed E-state index contributed by atoms with van der Waals surface area (Å²) in [5.41, 5.74) is 8.10. The van der Waals surface area contributed by atoms with Crippen LogP contribution in [0.5, 0.6) is 0 Å². The second kappa shape index (κ2) is 5.40. The Hall–Kier alpha value is -2.25. The van der Waals surface area contributed by atoms with Crippen LogP contribution in [-0.2, 0) is 10.1 Å². The molecule has 7 heteroatoms. The number of nitrogens with two attached hydrogens (primary N) is 1. The molecule has 6 nitrogen and oxygen atoms in total. The summed E-state index contributed by atoms with van der Waals surface area (Å²) in [6, 6.07) is 10.8. The summed E-state index contributed by atoms with van der Waals surface area (Å²) in [6.45, 7) is 1.85. The zero-order chi connectivity index (χ0) is 14.8. The number of rotatable bonds is 3. The maximum Gasteiger partial charge on any atom is 0.294 e. The molecule has 20 heavy (non-hydrogen) atoms. The lowest BCUT2D eigenvalue weighted by Crippen LogP contribution is -1.96. The van der Waals surface area contributed by atoms with Crippen molar-refractivity contribution in [2.24, 2.45) is 10.2 Å². The van der Waals surface area contributed by atoms with E-state index in [0.717, 1.165) is 5.56 Å². The third kappa shape index (κ3) is 3.40. The van der Waals surface area contributed by atoms with E-state index in [9.17, 15) is 8.42 Å². The predicted molar refractivity (Wildman–Crippen MR) is 76.0 cm³/mol. The van der Waals surface area contributed by atoms with E-state index in [2.05, 4.69) is 10.2 Å². The van der Waals surface area contributed by atoms with E-state index >= 15 is 0 Å². The average Bonchev–Trinajstić information content (AvgIpc) is 2.37. The minimum Gasteiger partial charge on any atom is -0.399 e. The van der Waals surface area contributed by atoms with E-state index in [4.69, 9.17) is 10.3 Å². The van der Waals surface area contributed by atoms with Crippen molar-refractivity contribution < 1.29 is 13.0 Å². The molecule has 0 bridgehead atoms. The molecule has 0 aliphatic rings. The van der Waals surface area contributed by atoms with Crippen molar-refractivity contribution in [3.05, 3.63) is 48.0 Å². The van der Waals surface area contributed by atoms with Gasteiger partial charge in [-0.2, -0.15) is 18.6 Å². The fourth-order valence-electron chi connectivity index (χ4n) is 1.61. The first-order chi connectivity index (χ1) is 9.36. The zero-order valence-electron chi connectivity index (χ0n) is 10.7. The van der Waals surface area contributed by atoms with E-state index in [1.807, 2.05) is 6.92 Å². The van der Waals surface area contributed by atoms with Crippen LogP contribution in [0, 0.1) is 6.92 Å². The fraction of sp³-hybridized carbons (Fsp3) is 0.0769. The van der Waals surface area contributed by atoms with Gasteiger partial charge in [-0.05, 0) is 48.9 Å². The summed E-state index contributed by atoms with van der Waals surface area (Å²) in [4.78, 5) is -0.219. The molecule has 0 unspecified atom stereocenters. The molecule has 0 aliphatic carbocycles. The van der Waals surface area contributed by atoms with Crippen LogP contribution in [0.15, 0.2) is 57.6 Å². The summed E-state index contributed by atoms with van der Waals surface area (Å²) < 4.78 is 31.0. The molecule has 0 saturated heterocycles. The number of nitrogens with zero attached hydrogens (tertiary/aromatic N) is 2. The molecule has 0 saturated carbocycles. The summed E-state index contributed by atoms with van der Waals surface area (Å²) >= 11 is 0. The van der Waals surface area contributed by atoms with Gasteiger partial charge in [-0.15, -0.1) is 0 Å². The van der Waals surface area contributed by atoms with Gasteiger partial charge in [0.15, 0.2) is 0 Å². The number of nitrogen functional groups attached to an aromatic ring is 1. The Morgan fingerprint density at radius 2 is 1.85 bits per heavy atom. The van der Waals surface area contributed by atoms with Crippen molar-refractivity contribution in [1.29, 1.82) is 0 Å². The van der Waals surface area contributed by atoms with Gasteiger partial charge in [-0.3, -0.25) is 4.55 Å². The molecule has 0 atom stereocenters. The average molecular weight is 291 g/mol. The predicted octanol–water partition coefficient (Wildman–Crippen LogP) is 3.24. The van der Waals surface area contributed by atoms with E-state index in [-0.39, 0.29) is 4.90 Å². The van der Waals surface area contributed by atoms with Gasteiger partial charge in [0.25, 0.3) is 10.1 Å². The molecular formula is C13H13N3O3S. The topological polar surface area (TPSA) is 105 Å². The Balaban J connectivity index is 2.32. The molecule has 0 heterocycles. The van der Waals surface area contributed by atoms with Gasteiger partial charge in [0.05, 0.1) is 16.3 Å². The van der Waals surface area contributed by atoms with E-state index < -0.39 is 10.1 Å². The number of hydrogen-bond donors (Lipinski definition) is 2. The smallest absolute Gasteiger partial charge is 0.294 e. The Morgan fingerprint density at radius 1 is 1.10 bits per heavy atom. The minimum absolute atomic E-state index is 0.219. The highest BCUT2D eigenvalue weighted by Crippen LogP contribution is 2.24. The van der Waals surface area contributed by atoms with Gasteiger partial charge in [-0.25, -0.2) is 0 Å². The van der Waals surface area contributed by atoms with E-state index in [1.54, 1.807) is 24.3 Å². The molecule has 2 rings (SSSR count). The van der Waals surface area contributed by atoms with E-state index in [0.29, 0.717) is 17.1 Å². The third-order valence-electron chi connectivity index (χ3n) is 2.61. The fourth-order valence-corrected chi connectivity index (χ4v) is 2.13. The summed E-state index contributed by atoms with van der Waals surface area (Å²) in [5.74, 6) is 0. The van der Waals surface area contributed by atoms with Crippen molar-refractivity contribution >= 4 is 27.2 Å². The normalized spacial score (nSPS) is 11.9. The molecule has 0 aromatic heterocycles. The SMILES string of the molecule is Cc1cc(N)ccc1N=Nc1cccc(S(=O)(=O)O)c1. The molecule has 0 radical (unpaired) electrons.